The lowest BCUT2D eigenvalue weighted by atomic mass is 10.3. The molecule has 0 spiro atoms. The highest BCUT2D eigenvalue weighted by molar-refractivity contribution is 14.1. The van der Waals surface area contributed by atoms with Crippen molar-refractivity contribution in [1.82, 2.24) is 0 Å². The molecule has 0 heterocycles. The Morgan fingerprint density at radius 3 is 2.12 bits per heavy atom. The van der Waals surface area contributed by atoms with Crippen molar-refractivity contribution in [2.24, 2.45) is 0 Å². The third kappa shape index (κ3) is 10.1. The Balaban J connectivity index is 4.04. The van der Waals surface area contributed by atoms with Crippen molar-refractivity contribution in [3.63, 3.8) is 0 Å². The van der Waals surface area contributed by atoms with Crippen LogP contribution in [0.25, 0.3) is 0 Å². The van der Waals surface area contributed by atoms with Crippen molar-refractivity contribution in [3.8, 4) is 0 Å². The SMILES string of the molecule is CCCOP(=O)(CCCC(I)CI)OCCC. The predicted molar refractivity (Wildman–Crippen MR) is 90.9 cm³/mol. The van der Waals surface area contributed by atoms with Crippen LogP contribution in [0.3, 0.4) is 0 Å². The zero-order valence-corrected chi connectivity index (χ0v) is 15.9. The number of rotatable bonds is 11. The van der Waals surface area contributed by atoms with Gasteiger partial charge in [-0.25, -0.2) is 0 Å². The second-order valence-corrected chi connectivity index (χ2v) is 8.72. The van der Waals surface area contributed by atoms with Crippen LogP contribution in [0.5, 0.6) is 0 Å². The Bertz CT molecular complexity index is 215. The fourth-order valence-electron chi connectivity index (χ4n) is 1.21. The summed E-state index contributed by atoms with van der Waals surface area (Å²) in [6, 6.07) is 0. The van der Waals surface area contributed by atoms with Crippen molar-refractivity contribution < 1.29 is 13.6 Å². The van der Waals surface area contributed by atoms with Gasteiger partial charge in [0.25, 0.3) is 0 Å². The standard InChI is InChI=1S/C11H23I2O3P/c1-3-7-15-17(14,16-8-4-2)9-5-6-11(13)10-12/h11H,3-10H2,1-2H3. The van der Waals surface area contributed by atoms with E-state index in [0.29, 0.717) is 23.3 Å². The highest BCUT2D eigenvalue weighted by Gasteiger charge is 2.23. The Kier molecular flexibility index (Phi) is 12.5. The summed E-state index contributed by atoms with van der Waals surface area (Å²) in [4.78, 5) is 0. The molecular weight excluding hydrogens is 465 g/mol. The molecule has 0 aliphatic heterocycles. The lowest BCUT2D eigenvalue weighted by molar-refractivity contribution is 0.204. The molecule has 0 N–H and O–H groups in total. The Labute approximate surface area is 133 Å². The first kappa shape index (κ1) is 18.6. The van der Waals surface area contributed by atoms with Crippen LogP contribution in [0.1, 0.15) is 39.5 Å². The van der Waals surface area contributed by atoms with Gasteiger partial charge in [-0.05, 0) is 25.7 Å². The minimum absolute atomic E-state index is 0.529. The van der Waals surface area contributed by atoms with Gasteiger partial charge >= 0.3 is 7.60 Å². The molecule has 104 valence electrons. The first-order valence-corrected chi connectivity index (χ1v) is 10.7. The van der Waals surface area contributed by atoms with Gasteiger partial charge in [0.15, 0.2) is 0 Å². The molecule has 0 aliphatic rings. The first-order valence-electron chi connectivity index (χ1n) is 6.16. The molecule has 17 heavy (non-hydrogen) atoms. The van der Waals surface area contributed by atoms with E-state index in [2.05, 4.69) is 45.2 Å². The second kappa shape index (κ2) is 11.4. The fraction of sp³-hybridized carbons (Fsp3) is 1.00. The summed E-state index contributed by atoms with van der Waals surface area (Å²) in [6.45, 7) is 5.09. The van der Waals surface area contributed by atoms with Gasteiger partial charge in [0.2, 0.25) is 0 Å². The van der Waals surface area contributed by atoms with Crippen LogP contribution in [0.15, 0.2) is 0 Å². The van der Waals surface area contributed by atoms with Gasteiger partial charge in [-0.3, -0.25) is 4.57 Å². The van der Waals surface area contributed by atoms with E-state index < -0.39 is 7.60 Å². The van der Waals surface area contributed by atoms with Gasteiger partial charge in [0, 0.05) is 8.35 Å². The number of halogens is 2. The quantitative estimate of drug-likeness (QED) is 0.232. The summed E-state index contributed by atoms with van der Waals surface area (Å²) in [5.41, 5.74) is 0. The van der Waals surface area contributed by atoms with Gasteiger partial charge in [-0.2, -0.15) is 0 Å². The van der Waals surface area contributed by atoms with Crippen LogP contribution >= 0.6 is 52.8 Å². The topological polar surface area (TPSA) is 35.5 Å². The maximum Gasteiger partial charge on any atom is 0.330 e. The van der Waals surface area contributed by atoms with Gasteiger partial charge in [0.1, 0.15) is 0 Å². The largest absolute Gasteiger partial charge is 0.330 e. The molecule has 0 fully saturated rings. The summed E-state index contributed by atoms with van der Waals surface area (Å²) in [6.07, 6.45) is 4.31. The highest BCUT2D eigenvalue weighted by atomic mass is 127. The van der Waals surface area contributed by atoms with E-state index in [9.17, 15) is 4.57 Å². The zero-order chi connectivity index (χ0) is 13.1. The third-order valence-corrected chi connectivity index (χ3v) is 7.93. The van der Waals surface area contributed by atoms with Crippen molar-refractivity contribution in [2.45, 2.75) is 43.5 Å². The normalized spacial score (nSPS) is 13.9. The molecule has 3 nitrogen and oxygen atoms in total. The van der Waals surface area contributed by atoms with E-state index in [0.717, 1.165) is 30.1 Å². The molecule has 6 heteroatoms. The lowest BCUT2D eigenvalue weighted by Gasteiger charge is -2.18. The summed E-state index contributed by atoms with van der Waals surface area (Å²) in [7, 11) is -2.82. The van der Waals surface area contributed by atoms with E-state index in [1.165, 1.54) is 0 Å². The Morgan fingerprint density at radius 1 is 1.18 bits per heavy atom. The number of alkyl halides is 2. The zero-order valence-electron chi connectivity index (χ0n) is 10.7. The van der Waals surface area contributed by atoms with E-state index in [-0.39, 0.29) is 0 Å². The Morgan fingerprint density at radius 2 is 1.71 bits per heavy atom. The molecule has 0 radical (unpaired) electrons. The molecule has 0 rings (SSSR count). The molecule has 1 unspecified atom stereocenters. The van der Waals surface area contributed by atoms with Crippen LogP contribution in [-0.4, -0.2) is 27.7 Å². The van der Waals surface area contributed by atoms with Crippen LogP contribution in [0, 0.1) is 0 Å². The van der Waals surface area contributed by atoms with Crippen LogP contribution < -0.4 is 0 Å². The van der Waals surface area contributed by atoms with Crippen molar-refractivity contribution >= 4 is 52.8 Å². The molecular formula is C11H23I2O3P. The van der Waals surface area contributed by atoms with Crippen LogP contribution in [-0.2, 0) is 13.6 Å². The van der Waals surface area contributed by atoms with E-state index in [1.807, 2.05) is 13.8 Å². The van der Waals surface area contributed by atoms with E-state index in [4.69, 9.17) is 9.05 Å². The van der Waals surface area contributed by atoms with Crippen molar-refractivity contribution in [1.29, 1.82) is 0 Å². The maximum atomic E-state index is 12.4. The molecule has 0 aromatic heterocycles. The third-order valence-electron chi connectivity index (χ3n) is 2.10. The average molecular weight is 488 g/mol. The van der Waals surface area contributed by atoms with E-state index in [1.54, 1.807) is 0 Å². The highest BCUT2D eigenvalue weighted by Crippen LogP contribution is 2.49. The van der Waals surface area contributed by atoms with Crippen molar-refractivity contribution in [3.05, 3.63) is 0 Å². The molecule has 0 bridgehead atoms. The second-order valence-electron chi connectivity index (χ2n) is 3.89. The van der Waals surface area contributed by atoms with E-state index >= 15 is 0 Å². The molecule has 0 aromatic rings. The maximum absolute atomic E-state index is 12.4. The average Bonchev–Trinajstić information content (AvgIpc) is 2.34. The Hall–Kier alpha value is 1.61. The molecule has 0 aromatic carbocycles. The van der Waals surface area contributed by atoms with Gasteiger partial charge in [0.05, 0.1) is 19.4 Å². The van der Waals surface area contributed by atoms with Gasteiger partial charge in [-0.1, -0.05) is 59.0 Å². The molecule has 0 amide bonds. The fourth-order valence-corrected chi connectivity index (χ4v) is 3.92. The minimum Gasteiger partial charge on any atom is -0.309 e. The molecule has 0 saturated carbocycles. The summed E-state index contributed by atoms with van der Waals surface area (Å²) in [5.74, 6) is 0. The number of hydrogen-bond donors (Lipinski definition) is 0. The molecule has 0 aliphatic carbocycles. The summed E-state index contributed by atoms with van der Waals surface area (Å²) in [5, 5.41) is 0. The first-order chi connectivity index (χ1) is 8.08. The minimum atomic E-state index is -2.82. The molecule has 1 atom stereocenters. The van der Waals surface area contributed by atoms with Crippen LogP contribution in [0.2, 0.25) is 0 Å². The lowest BCUT2D eigenvalue weighted by Crippen LogP contribution is -2.05. The van der Waals surface area contributed by atoms with Crippen LogP contribution in [0.4, 0.5) is 0 Å². The summed E-state index contributed by atoms with van der Waals surface area (Å²) >= 11 is 4.82. The predicted octanol–water partition coefficient (Wildman–Crippen LogP) is 5.05. The van der Waals surface area contributed by atoms with Gasteiger partial charge in [-0.15, -0.1) is 0 Å². The van der Waals surface area contributed by atoms with Gasteiger partial charge < -0.3 is 9.05 Å². The number of hydrogen-bond acceptors (Lipinski definition) is 3. The van der Waals surface area contributed by atoms with Crippen molar-refractivity contribution in [2.75, 3.05) is 23.8 Å². The smallest absolute Gasteiger partial charge is 0.309 e. The molecule has 0 saturated heterocycles. The monoisotopic (exact) mass is 488 g/mol. The summed E-state index contributed by atoms with van der Waals surface area (Å²) < 4.78 is 25.0.